The minimum absolute atomic E-state index is 0.0363. The Kier molecular flexibility index (Phi) is 7.16. The van der Waals surface area contributed by atoms with Crippen LogP contribution in [0.5, 0.6) is 11.5 Å². The van der Waals surface area contributed by atoms with Gasteiger partial charge in [0.05, 0.1) is 11.9 Å². The Morgan fingerprint density at radius 3 is 2.47 bits per heavy atom. The molecule has 4 rings (SSSR count). The lowest BCUT2D eigenvalue weighted by Gasteiger charge is -2.35. The average Bonchev–Trinajstić information content (AvgIpc) is 2.81. The van der Waals surface area contributed by atoms with Crippen LogP contribution in [0.4, 0.5) is 24.7 Å². The SMILES string of the molecule is Cc1ccc(Oc2ccnc(N3CCC(NC(=S)Nc4cccnc4)CC3)c2C(F)(F)F)cc1. The first-order chi connectivity index (χ1) is 16.3. The summed E-state index contributed by atoms with van der Waals surface area (Å²) in [6.07, 6.45) is 1.28. The van der Waals surface area contributed by atoms with E-state index in [4.69, 9.17) is 17.0 Å². The molecular formula is C24H24F3N5OS. The van der Waals surface area contributed by atoms with Gasteiger partial charge in [0.25, 0.3) is 0 Å². The number of nitrogens with one attached hydrogen (secondary N) is 2. The molecule has 0 bridgehead atoms. The van der Waals surface area contributed by atoms with E-state index in [1.165, 1.54) is 12.3 Å². The number of pyridine rings is 2. The fourth-order valence-electron chi connectivity index (χ4n) is 3.78. The Bertz CT molecular complexity index is 1120. The van der Waals surface area contributed by atoms with E-state index in [2.05, 4.69) is 20.6 Å². The van der Waals surface area contributed by atoms with Gasteiger partial charge in [0.1, 0.15) is 22.9 Å². The second kappa shape index (κ2) is 10.3. The summed E-state index contributed by atoms with van der Waals surface area (Å²) in [5, 5.41) is 6.75. The fourth-order valence-corrected chi connectivity index (χ4v) is 4.07. The summed E-state index contributed by atoms with van der Waals surface area (Å²) in [4.78, 5) is 9.77. The predicted octanol–water partition coefficient (Wildman–Crippen LogP) is 5.55. The summed E-state index contributed by atoms with van der Waals surface area (Å²) < 4.78 is 47.9. The molecule has 10 heteroatoms. The Morgan fingerprint density at radius 1 is 1.09 bits per heavy atom. The minimum Gasteiger partial charge on any atom is -0.457 e. The topological polar surface area (TPSA) is 62.3 Å². The van der Waals surface area contributed by atoms with E-state index in [0.29, 0.717) is 36.8 Å². The minimum atomic E-state index is -4.62. The van der Waals surface area contributed by atoms with E-state index in [-0.39, 0.29) is 17.6 Å². The first-order valence-electron chi connectivity index (χ1n) is 10.8. The highest BCUT2D eigenvalue weighted by Gasteiger charge is 2.40. The van der Waals surface area contributed by atoms with Crippen LogP contribution >= 0.6 is 12.2 Å². The fraction of sp³-hybridized carbons (Fsp3) is 0.292. The maximum Gasteiger partial charge on any atom is 0.423 e. The maximum absolute atomic E-state index is 14.1. The van der Waals surface area contributed by atoms with Crippen molar-refractivity contribution in [3.8, 4) is 11.5 Å². The highest BCUT2D eigenvalue weighted by Crippen LogP contribution is 2.43. The largest absolute Gasteiger partial charge is 0.457 e. The van der Waals surface area contributed by atoms with Gasteiger partial charge in [0.2, 0.25) is 0 Å². The second-order valence-corrected chi connectivity index (χ2v) is 8.43. The number of hydrogen-bond donors (Lipinski definition) is 2. The van der Waals surface area contributed by atoms with Crippen LogP contribution in [-0.4, -0.2) is 34.2 Å². The van der Waals surface area contributed by atoms with E-state index >= 15 is 0 Å². The molecule has 1 saturated heterocycles. The zero-order valence-electron chi connectivity index (χ0n) is 18.5. The van der Waals surface area contributed by atoms with Crippen molar-refractivity contribution in [2.75, 3.05) is 23.3 Å². The molecule has 3 heterocycles. The number of aromatic nitrogens is 2. The lowest BCUT2D eigenvalue weighted by molar-refractivity contribution is -0.138. The number of thiocarbonyl (C=S) groups is 1. The van der Waals surface area contributed by atoms with Crippen LogP contribution in [0.25, 0.3) is 0 Å². The van der Waals surface area contributed by atoms with Crippen LogP contribution in [0, 0.1) is 6.92 Å². The molecule has 2 aromatic heterocycles. The standard InChI is InChI=1S/C24H24F3N5OS/c1-16-4-6-19(7-5-16)33-20-8-12-29-22(21(20)24(25,26)27)32-13-9-17(10-14-32)30-23(34)31-18-3-2-11-28-15-18/h2-8,11-12,15,17H,9-10,13-14H2,1H3,(H2,30,31,34). The molecule has 6 nitrogen and oxygen atoms in total. The molecule has 0 amide bonds. The number of rotatable bonds is 5. The smallest absolute Gasteiger partial charge is 0.423 e. The van der Waals surface area contributed by atoms with Gasteiger partial charge in [-0.05, 0) is 62.3 Å². The second-order valence-electron chi connectivity index (χ2n) is 8.02. The zero-order valence-corrected chi connectivity index (χ0v) is 19.3. The summed E-state index contributed by atoms with van der Waals surface area (Å²) in [6.45, 7) is 2.70. The highest BCUT2D eigenvalue weighted by molar-refractivity contribution is 7.80. The number of piperidine rings is 1. The monoisotopic (exact) mass is 487 g/mol. The molecule has 0 saturated carbocycles. The van der Waals surface area contributed by atoms with Crippen molar-refractivity contribution in [3.05, 3.63) is 72.2 Å². The lowest BCUT2D eigenvalue weighted by Crippen LogP contribution is -2.46. The summed E-state index contributed by atoms with van der Waals surface area (Å²) >= 11 is 5.36. The number of anilines is 2. The van der Waals surface area contributed by atoms with E-state index in [1.807, 2.05) is 13.0 Å². The molecule has 1 aliphatic heterocycles. The van der Waals surface area contributed by atoms with E-state index in [0.717, 1.165) is 11.3 Å². The van der Waals surface area contributed by atoms with Crippen molar-refractivity contribution >= 4 is 28.8 Å². The first-order valence-corrected chi connectivity index (χ1v) is 11.2. The van der Waals surface area contributed by atoms with E-state index in [9.17, 15) is 13.2 Å². The lowest BCUT2D eigenvalue weighted by atomic mass is 10.0. The Balaban J connectivity index is 1.45. The number of hydrogen-bond acceptors (Lipinski definition) is 5. The summed E-state index contributed by atoms with van der Waals surface area (Å²) in [5.41, 5.74) is 0.892. The van der Waals surface area contributed by atoms with Gasteiger partial charge in [-0.1, -0.05) is 17.7 Å². The number of aryl methyl sites for hydroxylation is 1. The molecule has 2 N–H and O–H groups in total. The van der Waals surface area contributed by atoms with Gasteiger partial charge in [-0.3, -0.25) is 4.98 Å². The number of nitrogens with zero attached hydrogens (tertiary/aromatic N) is 3. The Morgan fingerprint density at radius 2 is 1.82 bits per heavy atom. The normalized spacial score (nSPS) is 14.5. The molecule has 0 unspecified atom stereocenters. The molecule has 34 heavy (non-hydrogen) atoms. The molecule has 178 valence electrons. The van der Waals surface area contributed by atoms with Crippen molar-refractivity contribution in [3.63, 3.8) is 0 Å². The molecule has 0 spiro atoms. The first kappa shape index (κ1) is 23.7. The Labute approximate surface area is 201 Å². The maximum atomic E-state index is 14.1. The molecular weight excluding hydrogens is 463 g/mol. The molecule has 0 radical (unpaired) electrons. The Hall–Kier alpha value is -3.40. The summed E-state index contributed by atoms with van der Waals surface area (Å²) in [7, 11) is 0. The number of halogens is 3. The molecule has 3 aromatic rings. The number of benzene rings is 1. The third-order valence-corrected chi connectivity index (χ3v) is 5.69. The third kappa shape index (κ3) is 5.93. The van der Waals surface area contributed by atoms with Crippen LogP contribution in [0.2, 0.25) is 0 Å². The highest BCUT2D eigenvalue weighted by atomic mass is 32.1. The van der Waals surface area contributed by atoms with Gasteiger partial charge >= 0.3 is 6.18 Å². The number of alkyl halides is 3. The van der Waals surface area contributed by atoms with E-state index in [1.54, 1.807) is 47.6 Å². The van der Waals surface area contributed by atoms with E-state index < -0.39 is 11.7 Å². The van der Waals surface area contributed by atoms with Crippen molar-refractivity contribution in [2.24, 2.45) is 0 Å². The van der Waals surface area contributed by atoms with Crippen LogP contribution < -0.4 is 20.3 Å². The van der Waals surface area contributed by atoms with Crippen molar-refractivity contribution < 1.29 is 17.9 Å². The van der Waals surface area contributed by atoms with Crippen molar-refractivity contribution in [2.45, 2.75) is 32.0 Å². The molecule has 1 fully saturated rings. The van der Waals surface area contributed by atoms with Gasteiger partial charge < -0.3 is 20.3 Å². The van der Waals surface area contributed by atoms with Crippen molar-refractivity contribution in [1.29, 1.82) is 0 Å². The van der Waals surface area contributed by atoms with Crippen LogP contribution in [0.15, 0.2) is 61.1 Å². The van der Waals surface area contributed by atoms with Gasteiger partial charge in [-0.15, -0.1) is 0 Å². The molecule has 0 atom stereocenters. The molecule has 1 aliphatic rings. The molecule has 0 aliphatic carbocycles. The van der Waals surface area contributed by atoms with Crippen LogP contribution in [-0.2, 0) is 6.18 Å². The third-order valence-electron chi connectivity index (χ3n) is 5.47. The quantitative estimate of drug-likeness (QED) is 0.458. The summed E-state index contributed by atoms with van der Waals surface area (Å²) in [6, 6.07) is 11.8. The van der Waals surface area contributed by atoms with Gasteiger partial charge in [0.15, 0.2) is 5.11 Å². The van der Waals surface area contributed by atoms with Crippen LogP contribution in [0.1, 0.15) is 24.0 Å². The predicted molar refractivity (Wildman–Crippen MR) is 129 cm³/mol. The van der Waals surface area contributed by atoms with Crippen LogP contribution in [0.3, 0.4) is 0 Å². The average molecular weight is 488 g/mol. The number of ether oxygens (including phenoxy) is 1. The van der Waals surface area contributed by atoms with Gasteiger partial charge in [-0.2, -0.15) is 13.2 Å². The zero-order chi connectivity index (χ0) is 24.1. The van der Waals surface area contributed by atoms with Gasteiger partial charge in [0, 0.05) is 31.5 Å². The van der Waals surface area contributed by atoms with Crippen molar-refractivity contribution in [1.82, 2.24) is 15.3 Å². The summed E-state index contributed by atoms with van der Waals surface area (Å²) in [5.74, 6) is -0.0409. The van der Waals surface area contributed by atoms with Gasteiger partial charge in [-0.25, -0.2) is 4.98 Å². The molecule has 1 aromatic carbocycles.